The summed E-state index contributed by atoms with van der Waals surface area (Å²) in [5.74, 6) is -3.67. The quantitative estimate of drug-likeness (QED) is 0.109. The van der Waals surface area contributed by atoms with Gasteiger partial charge in [-0.15, -0.1) is 0 Å². The maximum absolute atomic E-state index is 12.6. The van der Waals surface area contributed by atoms with Gasteiger partial charge in [-0.3, -0.25) is 14.4 Å². The van der Waals surface area contributed by atoms with E-state index in [-0.39, 0.29) is 18.1 Å². The minimum atomic E-state index is -1.19. The molecular weight excluding hydrogens is 402 g/mol. The van der Waals surface area contributed by atoms with Crippen molar-refractivity contribution in [2.45, 2.75) is 57.3 Å². The molecule has 0 aliphatic heterocycles. The number of carboxylic acids is 1. The highest BCUT2D eigenvalue weighted by atomic mass is 32.1. The van der Waals surface area contributed by atoms with E-state index in [0.717, 1.165) is 0 Å². The second kappa shape index (κ2) is 14.1. The fourth-order valence-corrected chi connectivity index (χ4v) is 2.61. The van der Waals surface area contributed by atoms with Gasteiger partial charge in [-0.1, -0.05) is 13.8 Å². The van der Waals surface area contributed by atoms with Gasteiger partial charge in [0, 0.05) is 5.75 Å². The molecule has 0 saturated carbocycles. The smallest absolute Gasteiger partial charge is 0.326 e. The molecule has 0 aromatic rings. The van der Waals surface area contributed by atoms with Gasteiger partial charge in [-0.05, 0) is 31.7 Å². The lowest BCUT2D eigenvalue weighted by Gasteiger charge is -2.26. The van der Waals surface area contributed by atoms with Crippen molar-refractivity contribution < 1.29 is 29.4 Å². The fraction of sp³-hybridized carbons (Fsp3) is 0.765. The number of rotatable bonds is 14. The van der Waals surface area contributed by atoms with Gasteiger partial charge >= 0.3 is 5.97 Å². The van der Waals surface area contributed by atoms with Gasteiger partial charge in [0.1, 0.15) is 24.2 Å². The first-order chi connectivity index (χ1) is 13.6. The van der Waals surface area contributed by atoms with Crippen LogP contribution in [0, 0.1) is 5.92 Å². The highest BCUT2D eigenvalue weighted by molar-refractivity contribution is 7.80. The highest BCUT2D eigenvalue weighted by Gasteiger charge is 2.30. The van der Waals surface area contributed by atoms with Gasteiger partial charge in [0.05, 0.1) is 6.61 Å². The molecule has 12 heteroatoms. The predicted octanol–water partition coefficient (Wildman–Crippen LogP) is -2.44. The molecule has 0 aromatic carbocycles. The molecule has 4 unspecified atom stereocenters. The van der Waals surface area contributed by atoms with Crippen LogP contribution < -0.4 is 27.4 Å². The number of aliphatic hydroxyl groups is 1. The zero-order chi connectivity index (χ0) is 22.6. The van der Waals surface area contributed by atoms with E-state index in [2.05, 4.69) is 28.6 Å². The van der Waals surface area contributed by atoms with Crippen molar-refractivity contribution in [2.24, 2.45) is 17.4 Å². The first-order valence-electron chi connectivity index (χ1n) is 9.40. The summed E-state index contributed by atoms with van der Waals surface area (Å²) in [6, 6.07) is -4.41. The first kappa shape index (κ1) is 27.1. The Kier molecular flexibility index (Phi) is 13.2. The number of unbranched alkanes of at least 4 members (excludes halogenated alkanes) is 1. The van der Waals surface area contributed by atoms with Crippen LogP contribution in [0.25, 0.3) is 0 Å². The number of carbonyl (C=O) groups is 4. The van der Waals surface area contributed by atoms with Crippen molar-refractivity contribution in [3.05, 3.63) is 0 Å². The zero-order valence-electron chi connectivity index (χ0n) is 16.8. The summed E-state index contributed by atoms with van der Waals surface area (Å²) in [6.07, 6.45) is 1.35. The predicted molar refractivity (Wildman–Crippen MR) is 110 cm³/mol. The van der Waals surface area contributed by atoms with Crippen LogP contribution in [0.4, 0.5) is 0 Å². The van der Waals surface area contributed by atoms with Crippen molar-refractivity contribution in [1.82, 2.24) is 16.0 Å². The summed E-state index contributed by atoms with van der Waals surface area (Å²) in [5, 5.41) is 25.5. The summed E-state index contributed by atoms with van der Waals surface area (Å²) >= 11 is 4.05. The maximum Gasteiger partial charge on any atom is 0.326 e. The third-order valence-corrected chi connectivity index (χ3v) is 4.52. The first-order valence-corrected chi connectivity index (χ1v) is 10.0. The average molecular weight is 436 g/mol. The SMILES string of the molecule is CC(C)C(NC(=O)C(N)CO)C(=O)NC(CS)C(=O)NC(CCCCN)C(=O)O. The van der Waals surface area contributed by atoms with Crippen molar-refractivity contribution >= 4 is 36.3 Å². The molecule has 0 aromatic heterocycles. The van der Waals surface area contributed by atoms with Gasteiger partial charge in [-0.2, -0.15) is 12.6 Å². The summed E-state index contributed by atoms with van der Waals surface area (Å²) in [7, 11) is 0. The molecule has 4 atom stereocenters. The van der Waals surface area contributed by atoms with Crippen molar-refractivity contribution in [3.8, 4) is 0 Å². The summed E-state index contributed by atoms with van der Waals surface area (Å²) in [6.45, 7) is 3.20. The average Bonchev–Trinajstić information content (AvgIpc) is 2.67. The van der Waals surface area contributed by atoms with Gasteiger partial charge in [0.25, 0.3) is 0 Å². The van der Waals surface area contributed by atoms with E-state index >= 15 is 0 Å². The molecular formula is C17H33N5O6S. The maximum atomic E-state index is 12.6. The summed E-state index contributed by atoms with van der Waals surface area (Å²) < 4.78 is 0. The van der Waals surface area contributed by atoms with Gasteiger partial charge in [0.15, 0.2) is 0 Å². The zero-order valence-corrected chi connectivity index (χ0v) is 17.7. The third kappa shape index (κ3) is 9.92. The minimum absolute atomic E-state index is 0.0817. The molecule has 0 saturated heterocycles. The van der Waals surface area contributed by atoms with E-state index in [1.807, 2.05) is 0 Å². The van der Waals surface area contributed by atoms with E-state index in [4.69, 9.17) is 16.6 Å². The molecule has 29 heavy (non-hydrogen) atoms. The van der Waals surface area contributed by atoms with Crippen molar-refractivity contribution in [1.29, 1.82) is 0 Å². The molecule has 9 N–H and O–H groups in total. The Bertz CT molecular complexity index is 562. The Morgan fingerprint density at radius 1 is 0.966 bits per heavy atom. The van der Waals surface area contributed by atoms with E-state index in [1.165, 1.54) is 0 Å². The van der Waals surface area contributed by atoms with E-state index in [9.17, 15) is 24.3 Å². The molecule has 0 radical (unpaired) electrons. The minimum Gasteiger partial charge on any atom is -0.480 e. The fourth-order valence-electron chi connectivity index (χ4n) is 2.36. The van der Waals surface area contributed by atoms with Crippen LogP contribution in [-0.4, -0.2) is 77.0 Å². The summed E-state index contributed by atoms with van der Waals surface area (Å²) in [5.41, 5.74) is 10.8. The number of amides is 3. The molecule has 0 bridgehead atoms. The van der Waals surface area contributed by atoms with Gasteiger partial charge in [-0.25, -0.2) is 4.79 Å². The molecule has 3 amide bonds. The van der Waals surface area contributed by atoms with Crippen molar-refractivity contribution in [3.63, 3.8) is 0 Å². The number of hydrogen-bond donors (Lipinski definition) is 8. The van der Waals surface area contributed by atoms with Crippen LogP contribution in [-0.2, 0) is 19.2 Å². The Morgan fingerprint density at radius 3 is 2.00 bits per heavy atom. The van der Waals surface area contributed by atoms with Gasteiger partial charge in [0.2, 0.25) is 17.7 Å². The van der Waals surface area contributed by atoms with Crippen LogP contribution in [0.15, 0.2) is 0 Å². The lowest BCUT2D eigenvalue weighted by atomic mass is 10.0. The van der Waals surface area contributed by atoms with Crippen LogP contribution in [0.2, 0.25) is 0 Å². The summed E-state index contributed by atoms with van der Waals surface area (Å²) in [4.78, 5) is 48.2. The molecule has 0 aliphatic rings. The van der Waals surface area contributed by atoms with E-state index in [1.54, 1.807) is 13.8 Å². The molecule has 0 fully saturated rings. The second-order valence-corrected chi connectivity index (χ2v) is 7.31. The number of aliphatic hydroxyl groups excluding tert-OH is 1. The molecule has 0 heterocycles. The lowest BCUT2D eigenvalue weighted by molar-refractivity contribution is -0.142. The molecule has 11 nitrogen and oxygen atoms in total. The van der Waals surface area contributed by atoms with Crippen LogP contribution >= 0.6 is 12.6 Å². The number of thiol groups is 1. The Labute approximate surface area is 175 Å². The largest absolute Gasteiger partial charge is 0.480 e. The van der Waals surface area contributed by atoms with E-state index < -0.39 is 54.5 Å². The third-order valence-electron chi connectivity index (χ3n) is 4.16. The van der Waals surface area contributed by atoms with Gasteiger partial charge < -0.3 is 37.6 Å². The van der Waals surface area contributed by atoms with Crippen LogP contribution in [0.5, 0.6) is 0 Å². The number of aliphatic carboxylic acids is 1. The molecule has 0 rings (SSSR count). The number of carboxylic acid groups (broad SMARTS) is 1. The standard InChI is InChI=1S/C17H33N5O6S/c1-9(2)13(22-14(24)10(19)7-23)16(26)21-12(8-29)15(25)20-11(17(27)28)5-3-4-6-18/h9-13,23,29H,3-8,18-19H2,1-2H3,(H,20,25)(H,21,26)(H,22,24)(H,27,28). The highest BCUT2D eigenvalue weighted by Crippen LogP contribution is 2.05. The number of carbonyl (C=O) groups excluding carboxylic acids is 3. The van der Waals surface area contributed by atoms with Crippen molar-refractivity contribution in [2.75, 3.05) is 18.9 Å². The number of nitrogens with one attached hydrogen (secondary N) is 3. The molecule has 168 valence electrons. The monoisotopic (exact) mass is 435 g/mol. The molecule has 0 spiro atoms. The van der Waals surface area contributed by atoms with Crippen LogP contribution in [0.1, 0.15) is 33.1 Å². The Hall–Kier alpha value is -1.89. The Morgan fingerprint density at radius 2 is 1.55 bits per heavy atom. The number of nitrogens with two attached hydrogens (primary N) is 2. The number of hydrogen-bond acceptors (Lipinski definition) is 8. The topological polar surface area (TPSA) is 197 Å². The Balaban J connectivity index is 5.05. The van der Waals surface area contributed by atoms with Crippen LogP contribution in [0.3, 0.4) is 0 Å². The molecule has 0 aliphatic carbocycles. The second-order valence-electron chi connectivity index (χ2n) is 6.95. The van der Waals surface area contributed by atoms with E-state index in [0.29, 0.717) is 19.4 Å². The lowest BCUT2D eigenvalue weighted by Crippen LogP contribution is -2.59. The normalized spacial score (nSPS) is 15.1.